The Morgan fingerprint density at radius 1 is 1.48 bits per heavy atom. The van der Waals surface area contributed by atoms with Crippen LogP contribution in [0.3, 0.4) is 0 Å². The molecule has 1 aromatic carbocycles. The molecule has 0 bridgehead atoms. The van der Waals surface area contributed by atoms with E-state index in [0.29, 0.717) is 10.6 Å². The maximum absolute atomic E-state index is 13.2. The topological polar surface area (TPSA) is 66.2 Å². The maximum Gasteiger partial charge on any atom is 0.259 e. The fourth-order valence-corrected chi connectivity index (χ4v) is 2.22. The van der Waals surface area contributed by atoms with Gasteiger partial charge < -0.3 is 9.64 Å². The molecule has 7 heteroatoms. The van der Waals surface area contributed by atoms with Gasteiger partial charge in [-0.1, -0.05) is 17.7 Å². The summed E-state index contributed by atoms with van der Waals surface area (Å²) in [6.07, 6.45) is 1.38. The molecule has 0 atom stereocenters. The second kappa shape index (κ2) is 7.07. The molecule has 0 saturated carbocycles. The molecule has 0 aliphatic rings. The Morgan fingerprint density at radius 2 is 2.22 bits per heavy atom. The van der Waals surface area contributed by atoms with Gasteiger partial charge in [0.1, 0.15) is 11.4 Å². The summed E-state index contributed by atoms with van der Waals surface area (Å²) in [7, 11) is 2.97. The minimum Gasteiger partial charge on any atom is -0.480 e. The highest BCUT2D eigenvalue weighted by Gasteiger charge is 2.19. The fraction of sp³-hybridized carbons (Fsp3) is 0.188. The molecule has 0 aliphatic carbocycles. The second-order valence-electron chi connectivity index (χ2n) is 4.78. The van der Waals surface area contributed by atoms with E-state index in [-0.39, 0.29) is 29.5 Å². The van der Waals surface area contributed by atoms with Crippen LogP contribution in [0.5, 0.6) is 5.88 Å². The quantitative estimate of drug-likeness (QED) is 0.862. The highest BCUT2D eigenvalue weighted by molar-refractivity contribution is 6.30. The number of ether oxygens (including phenoxy) is 1. The monoisotopic (exact) mass is 333 g/mol. The van der Waals surface area contributed by atoms with Crippen molar-refractivity contribution in [2.24, 2.45) is 0 Å². The van der Waals surface area contributed by atoms with Gasteiger partial charge in [-0.05, 0) is 23.8 Å². The van der Waals surface area contributed by atoms with Crippen LogP contribution in [0.4, 0.5) is 4.39 Å². The number of halogens is 2. The van der Waals surface area contributed by atoms with Crippen molar-refractivity contribution in [1.82, 2.24) is 9.88 Å². The molecule has 0 N–H and O–H groups in total. The lowest BCUT2D eigenvalue weighted by atomic mass is 10.1. The van der Waals surface area contributed by atoms with Gasteiger partial charge in [-0.2, -0.15) is 5.26 Å². The SMILES string of the molecule is COc1ncc(Cl)cc1C(=O)N(C)Cc1ccc(F)cc1C#N. The number of carbonyl (C=O) groups excluding carboxylic acids is 1. The number of pyridine rings is 1. The van der Waals surface area contributed by atoms with Crippen LogP contribution in [-0.4, -0.2) is 29.9 Å². The number of nitrogens with zero attached hydrogens (tertiary/aromatic N) is 3. The summed E-state index contributed by atoms with van der Waals surface area (Å²) in [6, 6.07) is 7.23. The number of hydrogen-bond acceptors (Lipinski definition) is 4. The van der Waals surface area contributed by atoms with Gasteiger partial charge >= 0.3 is 0 Å². The van der Waals surface area contributed by atoms with Crippen LogP contribution in [0.2, 0.25) is 5.02 Å². The smallest absolute Gasteiger partial charge is 0.259 e. The number of rotatable bonds is 4. The zero-order chi connectivity index (χ0) is 17.0. The van der Waals surface area contributed by atoms with Crippen molar-refractivity contribution in [2.45, 2.75) is 6.54 Å². The summed E-state index contributed by atoms with van der Waals surface area (Å²) in [6.45, 7) is 0.137. The van der Waals surface area contributed by atoms with E-state index in [1.54, 1.807) is 7.05 Å². The molecule has 5 nitrogen and oxygen atoms in total. The molecule has 2 aromatic rings. The first-order chi connectivity index (χ1) is 11.0. The van der Waals surface area contributed by atoms with Gasteiger partial charge in [-0.25, -0.2) is 9.37 Å². The first kappa shape index (κ1) is 16.7. The van der Waals surface area contributed by atoms with Gasteiger partial charge in [0.15, 0.2) is 0 Å². The van der Waals surface area contributed by atoms with Crippen molar-refractivity contribution in [2.75, 3.05) is 14.2 Å². The molecule has 23 heavy (non-hydrogen) atoms. The van der Waals surface area contributed by atoms with Gasteiger partial charge in [-0.3, -0.25) is 4.79 Å². The van der Waals surface area contributed by atoms with Crippen molar-refractivity contribution in [1.29, 1.82) is 5.26 Å². The Kier molecular flexibility index (Phi) is 5.14. The van der Waals surface area contributed by atoms with Crippen LogP contribution >= 0.6 is 11.6 Å². The number of methoxy groups -OCH3 is 1. The van der Waals surface area contributed by atoms with E-state index in [0.717, 1.165) is 6.07 Å². The standard InChI is InChI=1S/C16H13ClFN3O2/c1-21(9-10-3-4-13(18)5-11(10)7-19)16(22)14-6-12(17)8-20-15(14)23-2/h3-6,8H,9H2,1-2H3. The highest BCUT2D eigenvalue weighted by Crippen LogP contribution is 2.22. The number of aromatic nitrogens is 1. The molecule has 0 spiro atoms. The van der Waals surface area contributed by atoms with E-state index in [1.165, 1.54) is 36.4 Å². The minimum absolute atomic E-state index is 0.137. The zero-order valence-corrected chi connectivity index (χ0v) is 13.3. The van der Waals surface area contributed by atoms with Crippen LogP contribution in [0.25, 0.3) is 0 Å². The van der Waals surface area contributed by atoms with E-state index >= 15 is 0 Å². The predicted octanol–water partition coefficient (Wildman–Crippen LogP) is 3.03. The summed E-state index contributed by atoms with van der Waals surface area (Å²) in [5.41, 5.74) is 0.933. The lowest BCUT2D eigenvalue weighted by Gasteiger charge is -2.19. The number of nitriles is 1. The van der Waals surface area contributed by atoms with Gasteiger partial charge in [0.25, 0.3) is 5.91 Å². The third-order valence-electron chi connectivity index (χ3n) is 3.19. The van der Waals surface area contributed by atoms with Gasteiger partial charge in [0.2, 0.25) is 5.88 Å². The highest BCUT2D eigenvalue weighted by atomic mass is 35.5. The third kappa shape index (κ3) is 3.76. The molecule has 0 saturated heterocycles. The lowest BCUT2D eigenvalue weighted by molar-refractivity contribution is 0.0781. The predicted molar refractivity (Wildman–Crippen MR) is 82.7 cm³/mol. The van der Waals surface area contributed by atoms with Crippen molar-refractivity contribution in [3.05, 3.63) is 58.0 Å². The normalized spacial score (nSPS) is 10.0. The Balaban J connectivity index is 2.28. The summed E-state index contributed by atoms with van der Waals surface area (Å²) >= 11 is 5.87. The molecule has 1 amide bonds. The largest absolute Gasteiger partial charge is 0.480 e. The van der Waals surface area contributed by atoms with Crippen molar-refractivity contribution < 1.29 is 13.9 Å². The van der Waals surface area contributed by atoms with Crippen molar-refractivity contribution in [3.8, 4) is 11.9 Å². The average molecular weight is 334 g/mol. The second-order valence-corrected chi connectivity index (χ2v) is 5.22. The molecule has 0 radical (unpaired) electrons. The van der Waals surface area contributed by atoms with Gasteiger partial charge in [0.05, 0.1) is 23.8 Å². The molecular formula is C16H13ClFN3O2. The van der Waals surface area contributed by atoms with Crippen LogP contribution in [0.15, 0.2) is 30.5 Å². The number of amides is 1. The Morgan fingerprint density at radius 3 is 2.87 bits per heavy atom. The van der Waals surface area contributed by atoms with Crippen LogP contribution in [0, 0.1) is 17.1 Å². The van der Waals surface area contributed by atoms with Crippen molar-refractivity contribution in [3.63, 3.8) is 0 Å². The van der Waals surface area contributed by atoms with Crippen LogP contribution in [0.1, 0.15) is 21.5 Å². The molecular weight excluding hydrogens is 321 g/mol. The Bertz CT molecular complexity index is 789. The third-order valence-corrected chi connectivity index (χ3v) is 3.39. The molecule has 0 unspecified atom stereocenters. The first-order valence-corrected chi connectivity index (χ1v) is 6.97. The molecule has 1 aromatic heterocycles. The average Bonchev–Trinajstić information content (AvgIpc) is 2.55. The molecule has 0 aliphatic heterocycles. The minimum atomic E-state index is -0.500. The number of benzene rings is 1. The van der Waals surface area contributed by atoms with E-state index in [9.17, 15) is 9.18 Å². The van der Waals surface area contributed by atoms with E-state index in [1.807, 2.05) is 6.07 Å². The van der Waals surface area contributed by atoms with Crippen LogP contribution < -0.4 is 4.74 Å². The summed E-state index contributed by atoms with van der Waals surface area (Å²) in [5.74, 6) is -0.712. The summed E-state index contributed by atoms with van der Waals surface area (Å²) in [5, 5.41) is 9.37. The van der Waals surface area contributed by atoms with E-state index in [4.69, 9.17) is 21.6 Å². The zero-order valence-electron chi connectivity index (χ0n) is 12.5. The van der Waals surface area contributed by atoms with Gasteiger partial charge in [-0.15, -0.1) is 0 Å². The number of hydrogen-bond donors (Lipinski definition) is 0. The fourth-order valence-electron chi connectivity index (χ4n) is 2.07. The molecule has 2 rings (SSSR count). The van der Waals surface area contributed by atoms with E-state index in [2.05, 4.69) is 4.98 Å². The summed E-state index contributed by atoms with van der Waals surface area (Å²) in [4.78, 5) is 17.9. The Hall–Kier alpha value is -2.65. The summed E-state index contributed by atoms with van der Waals surface area (Å²) < 4.78 is 18.2. The lowest BCUT2D eigenvalue weighted by Crippen LogP contribution is -2.27. The molecule has 1 heterocycles. The Labute approximate surface area is 137 Å². The number of carbonyl (C=O) groups is 1. The van der Waals surface area contributed by atoms with E-state index < -0.39 is 5.82 Å². The first-order valence-electron chi connectivity index (χ1n) is 6.59. The molecule has 118 valence electrons. The molecule has 0 fully saturated rings. The van der Waals surface area contributed by atoms with Crippen LogP contribution in [-0.2, 0) is 6.54 Å². The van der Waals surface area contributed by atoms with Gasteiger partial charge in [0, 0.05) is 19.8 Å². The van der Waals surface area contributed by atoms with Crippen molar-refractivity contribution >= 4 is 17.5 Å². The maximum atomic E-state index is 13.2.